The largest absolute Gasteiger partial charge is 0.416 e. The molecule has 0 saturated heterocycles. The molecule has 24 heavy (non-hydrogen) atoms. The third kappa shape index (κ3) is 4.57. The van der Waals surface area contributed by atoms with Gasteiger partial charge in [0.1, 0.15) is 6.04 Å². The van der Waals surface area contributed by atoms with Gasteiger partial charge >= 0.3 is 6.18 Å². The van der Waals surface area contributed by atoms with Crippen molar-refractivity contribution in [3.8, 4) is 6.07 Å². The molecule has 0 spiro atoms. The third-order valence-corrected chi connectivity index (χ3v) is 3.66. The Hall–Kier alpha value is -2.36. The predicted octanol–water partition coefficient (Wildman–Crippen LogP) is 3.76. The fourth-order valence-corrected chi connectivity index (χ4v) is 2.47. The molecule has 6 heteroatoms. The maximum Gasteiger partial charge on any atom is 0.416 e. The van der Waals surface area contributed by atoms with Crippen molar-refractivity contribution in [3.63, 3.8) is 0 Å². The van der Waals surface area contributed by atoms with Crippen LogP contribution in [0.2, 0.25) is 0 Å². The third-order valence-electron chi connectivity index (χ3n) is 3.66. The molecule has 2 aromatic rings. The molecule has 0 aromatic heterocycles. The fourth-order valence-electron chi connectivity index (χ4n) is 2.47. The number of rotatable bonds is 6. The van der Waals surface area contributed by atoms with Crippen LogP contribution in [-0.2, 0) is 12.7 Å². The van der Waals surface area contributed by atoms with Crippen LogP contribution >= 0.6 is 0 Å². The number of benzene rings is 2. The summed E-state index contributed by atoms with van der Waals surface area (Å²) in [4.78, 5) is 1.73. The van der Waals surface area contributed by atoms with Gasteiger partial charge in [-0.3, -0.25) is 4.90 Å². The summed E-state index contributed by atoms with van der Waals surface area (Å²) in [7, 11) is 0. The standard InChI is InChI=1S/C18H17F3N2O/c19-18(20,21)16-8-6-15(7-9-16)17(12-22)23(10-11-24)13-14-4-2-1-3-5-14/h1-9,17,24H,10-11,13H2. The number of hydrogen-bond donors (Lipinski definition) is 1. The second-order valence-corrected chi connectivity index (χ2v) is 5.33. The van der Waals surface area contributed by atoms with E-state index in [4.69, 9.17) is 0 Å². The molecule has 0 radical (unpaired) electrons. The molecule has 1 atom stereocenters. The van der Waals surface area contributed by atoms with Crippen molar-refractivity contribution in [3.05, 3.63) is 71.3 Å². The molecule has 2 rings (SSSR count). The van der Waals surface area contributed by atoms with Gasteiger partial charge in [0, 0.05) is 13.1 Å². The SMILES string of the molecule is N#CC(c1ccc(C(F)(F)F)cc1)N(CCO)Cc1ccccc1. The molecular weight excluding hydrogens is 317 g/mol. The van der Waals surface area contributed by atoms with Crippen LogP contribution in [0.5, 0.6) is 0 Å². The molecule has 0 bridgehead atoms. The van der Waals surface area contributed by atoms with Crippen molar-refractivity contribution in [1.82, 2.24) is 4.90 Å². The highest BCUT2D eigenvalue weighted by molar-refractivity contribution is 5.30. The number of nitriles is 1. The predicted molar refractivity (Wildman–Crippen MR) is 83.7 cm³/mol. The van der Waals surface area contributed by atoms with Gasteiger partial charge in [-0.25, -0.2) is 0 Å². The topological polar surface area (TPSA) is 47.3 Å². The van der Waals surface area contributed by atoms with Crippen LogP contribution < -0.4 is 0 Å². The smallest absolute Gasteiger partial charge is 0.395 e. The van der Waals surface area contributed by atoms with E-state index in [0.717, 1.165) is 17.7 Å². The molecule has 0 saturated carbocycles. The summed E-state index contributed by atoms with van der Waals surface area (Å²) < 4.78 is 38.0. The van der Waals surface area contributed by atoms with Gasteiger partial charge in [-0.1, -0.05) is 42.5 Å². The first-order valence-corrected chi connectivity index (χ1v) is 7.41. The lowest BCUT2D eigenvalue weighted by Gasteiger charge is -2.27. The zero-order valence-electron chi connectivity index (χ0n) is 12.9. The van der Waals surface area contributed by atoms with Gasteiger partial charge in [-0.15, -0.1) is 0 Å². The summed E-state index contributed by atoms with van der Waals surface area (Å²) in [5, 5.41) is 18.7. The normalized spacial score (nSPS) is 12.8. The van der Waals surface area contributed by atoms with E-state index in [1.165, 1.54) is 12.1 Å². The van der Waals surface area contributed by atoms with Crippen LogP contribution in [0.4, 0.5) is 13.2 Å². The Bertz CT molecular complexity index is 678. The zero-order valence-corrected chi connectivity index (χ0v) is 12.9. The van der Waals surface area contributed by atoms with Crippen molar-refractivity contribution in [2.24, 2.45) is 0 Å². The molecule has 0 fully saturated rings. The molecule has 0 heterocycles. The first kappa shape index (κ1) is 18.0. The Labute approximate surface area is 138 Å². The van der Waals surface area contributed by atoms with Crippen molar-refractivity contribution < 1.29 is 18.3 Å². The van der Waals surface area contributed by atoms with Gasteiger partial charge in [0.15, 0.2) is 0 Å². The highest BCUT2D eigenvalue weighted by Gasteiger charge is 2.30. The van der Waals surface area contributed by atoms with Gasteiger partial charge in [0.2, 0.25) is 0 Å². The van der Waals surface area contributed by atoms with Crippen LogP contribution in [0.3, 0.4) is 0 Å². The Morgan fingerprint density at radius 2 is 1.67 bits per heavy atom. The van der Waals surface area contributed by atoms with E-state index in [2.05, 4.69) is 6.07 Å². The summed E-state index contributed by atoms with van der Waals surface area (Å²) in [5.41, 5.74) is 0.674. The Kier molecular flexibility index (Phi) is 5.96. The number of alkyl halides is 3. The second-order valence-electron chi connectivity index (χ2n) is 5.33. The summed E-state index contributed by atoms with van der Waals surface area (Å²) in [5.74, 6) is 0. The number of nitrogens with zero attached hydrogens (tertiary/aromatic N) is 2. The van der Waals surface area contributed by atoms with Gasteiger partial charge in [-0.2, -0.15) is 18.4 Å². The van der Waals surface area contributed by atoms with Crippen LogP contribution in [0, 0.1) is 11.3 Å². The summed E-state index contributed by atoms with van der Waals surface area (Å²) >= 11 is 0. The molecule has 0 aliphatic rings. The average molecular weight is 334 g/mol. The van der Waals surface area contributed by atoms with E-state index in [0.29, 0.717) is 12.1 Å². The summed E-state index contributed by atoms with van der Waals surface area (Å²) in [6.45, 7) is 0.514. The van der Waals surface area contributed by atoms with E-state index < -0.39 is 17.8 Å². The first-order chi connectivity index (χ1) is 11.5. The quantitative estimate of drug-likeness (QED) is 0.875. The van der Waals surface area contributed by atoms with Crippen molar-refractivity contribution in [2.45, 2.75) is 18.8 Å². The van der Waals surface area contributed by atoms with Crippen molar-refractivity contribution in [2.75, 3.05) is 13.2 Å². The minimum absolute atomic E-state index is 0.147. The van der Waals surface area contributed by atoms with Gasteiger partial charge < -0.3 is 5.11 Å². The highest BCUT2D eigenvalue weighted by atomic mass is 19.4. The van der Waals surface area contributed by atoms with Gasteiger partial charge in [0.25, 0.3) is 0 Å². The molecule has 3 nitrogen and oxygen atoms in total. The van der Waals surface area contributed by atoms with E-state index in [-0.39, 0.29) is 13.2 Å². The molecule has 126 valence electrons. The summed E-state index contributed by atoms with van der Waals surface area (Å²) in [6.07, 6.45) is -4.41. The lowest BCUT2D eigenvalue weighted by molar-refractivity contribution is -0.137. The Morgan fingerprint density at radius 1 is 1.04 bits per heavy atom. The van der Waals surface area contributed by atoms with Crippen LogP contribution in [0.25, 0.3) is 0 Å². The lowest BCUT2D eigenvalue weighted by Crippen LogP contribution is -2.30. The minimum atomic E-state index is -4.41. The molecule has 1 unspecified atom stereocenters. The molecule has 0 aliphatic heterocycles. The lowest BCUT2D eigenvalue weighted by atomic mass is 10.0. The van der Waals surface area contributed by atoms with Gasteiger partial charge in [-0.05, 0) is 23.3 Å². The molecule has 0 amide bonds. The average Bonchev–Trinajstić information content (AvgIpc) is 2.56. The minimum Gasteiger partial charge on any atom is -0.395 e. The van der Waals surface area contributed by atoms with E-state index >= 15 is 0 Å². The second kappa shape index (κ2) is 7.95. The molecular formula is C18H17F3N2O. The van der Waals surface area contributed by atoms with Gasteiger partial charge in [0.05, 0.1) is 18.2 Å². The molecule has 0 aliphatic carbocycles. The Balaban J connectivity index is 2.24. The number of halogens is 3. The number of aliphatic hydroxyl groups is 1. The van der Waals surface area contributed by atoms with E-state index in [1.54, 1.807) is 4.90 Å². The fraction of sp³-hybridized carbons (Fsp3) is 0.278. The van der Waals surface area contributed by atoms with Crippen molar-refractivity contribution >= 4 is 0 Å². The van der Waals surface area contributed by atoms with Crippen LogP contribution in [0.1, 0.15) is 22.7 Å². The molecule has 2 aromatic carbocycles. The van der Waals surface area contributed by atoms with E-state index in [1.807, 2.05) is 30.3 Å². The summed E-state index contributed by atoms with van der Waals surface area (Å²) in [6, 6.07) is 15.3. The Morgan fingerprint density at radius 3 is 2.17 bits per heavy atom. The van der Waals surface area contributed by atoms with E-state index in [9.17, 15) is 23.5 Å². The maximum atomic E-state index is 12.7. The molecule has 1 N–H and O–H groups in total. The van der Waals surface area contributed by atoms with Crippen LogP contribution in [0.15, 0.2) is 54.6 Å². The number of aliphatic hydroxyl groups excluding tert-OH is 1. The van der Waals surface area contributed by atoms with Crippen molar-refractivity contribution in [1.29, 1.82) is 5.26 Å². The zero-order chi connectivity index (χ0) is 17.6. The maximum absolute atomic E-state index is 12.7. The van der Waals surface area contributed by atoms with Crippen LogP contribution in [-0.4, -0.2) is 23.2 Å². The monoisotopic (exact) mass is 334 g/mol. The number of hydrogen-bond acceptors (Lipinski definition) is 3. The first-order valence-electron chi connectivity index (χ1n) is 7.41. The highest BCUT2D eigenvalue weighted by Crippen LogP contribution is 2.31.